The van der Waals surface area contributed by atoms with Crippen LogP contribution in [-0.4, -0.2) is 28.9 Å². The molecule has 0 aliphatic rings. The van der Waals surface area contributed by atoms with Gasteiger partial charge in [-0.05, 0) is 37.5 Å². The molecular formula is C15H19N3OS2. The van der Waals surface area contributed by atoms with E-state index in [1.165, 1.54) is 0 Å². The Bertz CT molecular complexity index is 612. The van der Waals surface area contributed by atoms with E-state index in [9.17, 15) is 4.79 Å². The molecule has 0 saturated carbocycles. The molecule has 6 heteroatoms. The highest BCUT2D eigenvalue weighted by atomic mass is 32.2. The highest BCUT2D eigenvalue weighted by Gasteiger charge is 2.13. The fourth-order valence-corrected chi connectivity index (χ4v) is 2.97. The zero-order chi connectivity index (χ0) is 15.2. The third-order valence-corrected chi connectivity index (χ3v) is 4.43. The van der Waals surface area contributed by atoms with Crippen LogP contribution in [0.15, 0.2) is 29.6 Å². The van der Waals surface area contributed by atoms with Gasteiger partial charge in [-0.15, -0.1) is 11.3 Å². The average molecular weight is 321 g/mol. The first-order valence-corrected chi connectivity index (χ1v) is 8.95. The standard InChI is InChI=1S/C15H19N3OS2/c1-10-17-14(9-21-10)11-4-3-5-12(8-11)18-15(19)13(16)6-7-20-2/h3-5,8-9,13H,6-7,16H2,1-2H3,(H,18,19)/t13-/m1/s1. The average Bonchev–Trinajstić information content (AvgIpc) is 2.91. The van der Waals surface area contributed by atoms with Crippen molar-refractivity contribution in [2.75, 3.05) is 17.3 Å². The van der Waals surface area contributed by atoms with Crippen LogP contribution >= 0.6 is 23.1 Å². The van der Waals surface area contributed by atoms with Crippen molar-refractivity contribution in [1.82, 2.24) is 4.98 Å². The maximum Gasteiger partial charge on any atom is 0.241 e. The number of carbonyl (C=O) groups is 1. The van der Waals surface area contributed by atoms with Crippen molar-refractivity contribution in [1.29, 1.82) is 0 Å². The second-order valence-corrected chi connectivity index (χ2v) is 6.76. The summed E-state index contributed by atoms with van der Waals surface area (Å²) in [5, 5.41) is 5.91. The Hall–Kier alpha value is -1.37. The van der Waals surface area contributed by atoms with E-state index in [0.29, 0.717) is 6.42 Å². The molecule has 21 heavy (non-hydrogen) atoms. The summed E-state index contributed by atoms with van der Waals surface area (Å²) < 4.78 is 0. The number of carbonyl (C=O) groups excluding carboxylic acids is 1. The molecule has 1 amide bonds. The number of aromatic nitrogens is 1. The summed E-state index contributed by atoms with van der Waals surface area (Å²) >= 11 is 3.30. The van der Waals surface area contributed by atoms with Crippen LogP contribution in [0.4, 0.5) is 5.69 Å². The monoisotopic (exact) mass is 321 g/mol. The lowest BCUT2D eigenvalue weighted by Crippen LogP contribution is -2.36. The summed E-state index contributed by atoms with van der Waals surface area (Å²) in [6.07, 6.45) is 2.68. The summed E-state index contributed by atoms with van der Waals surface area (Å²) in [6.45, 7) is 1.98. The van der Waals surface area contributed by atoms with E-state index >= 15 is 0 Å². The van der Waals surface area contributed by atoms with Gasteiger partial charge in [-0.3, -0.25) is 4.79 Å². The zero-order valence-electron chi connectivity index (χ0n) is 12.1. The van der Waals surface area contributed by atoms with Crippen LogP contribution in [0.5, 0.6) is 0 Å². The van der Waals surface area contributed by atoms with Gasteiger partial charge < -0.3 is 11.1 Å². The van der Waals surface area contributed by atoms with Crippen molar-refractivity contribution in [3.05, 3.63) is 34.7 Å². The molecule has 1 atom stereocenters. The minimum Gasteiger partial charge on any atom is -0.325 e. The van der Waals surface area contributed by atoms with Gasteiger partial charge in [-0.2, -0.15) is 11.8 Å². The SMILES string of the molecule is CSCC[C@@H](N)C(=O)Nc1cccc(-c2csc(C)n2)c1. The Balaban J connectivity index is 2.06. The van der Waals surface area contributed by atoms with Crippen LogP contribution in [0.3, 0.4) is 0 Å². The molecule has 1 aromatic heterocycles. The number of hydrogen-bond donors (Lipinski definition) is 2. The van der Waals surface area contributed by atoms with Crippen LogP contribution in [0.1, 0.15) is 11.4 Å². The first-order valence-electron chi connectivity index (χ1n) is 6.68. The third kappa shape index (κ3) is 4.56. The third-order valence-electron chi connectivity index (χ3n) is 3.01. The maximum absolute atomic E-state index is 12.0. The van der Waals surface area contributed by atoms with Crippen molar-refractivity contribution >= 4 is 34.7 Å². The molecule has 0 bridgehead atoms. The number of thiazole rings is 1. The van der Waals surface area contributed by atoms with Gasteiger partial charge in [0.2, 0.25) is 5.91 Å². The highest BCUT2D eigenvalue weighted by molar-refractivity contribution is 7.98. The predicted molar refractivity (Wildman–Crippen MR) is 91.9 cm³/mol. The smallest absolute Gasteiger partial charge is 0.241 e. The quantitative estimate of drug-likeness (QED) is 0.857. The van der Waals surface area contributed by atoms with E-state index < -0.39 is 6.04 Å². The van der Waals surface area contributed by atoms with Gasteiger partial charge >= 0.3 is 0 Å². The number of benzene rings is 1. The highest BCUT2D eigenvalue weighted by Crippen LogP contribution is 2.24. The second kappa shape index (κ2) is 7.59. The summed E-state index contributed by atoms with van der Waals surface area (Å²) in [4.78, 5) is 16.5. The maximum atomic E-state index is 12.0. The molecule has 0 aliphatic heterocycles. The molecule has 0 aliphatic carbocycles. The topological polar surface area (TPSA) is 68.0 Å². The number of nitrogens with zero attached hydrogens (tertiary/aromatic N) is 1. The van der Waals surface area contributed by atoms with Crippen molar-refractivity contribution < 1.29 is 4.79 Å². The van der Waals surface area contributed by atoms with Gasteiger partial charge in [-0.25, -0.2) is 4.98 Å². The number of thioether (sulfide) groups is 1. The van der Waals surface area contributed by atoms with Gasteiger partial charge in [0, 0.05) is 16.6 Å². The molecule has 3 N–H and O–H groups in total. The van der Waals surface area contributed by atoms with E-state index in [0.717, 1.165) is 27.7 Å². The fraction of sp³-hybridized carbons (Fsp3) is 0.333. The van der Waals surface area contributed by atoms with Crippen molar-refractivity contribution in [3.8, 4) is 11.3 Å². The molecular weight excluding hydrogens is 302 g/mol. The van der Waals surface area contributed by atoms with E-state index in [-0.39, 0.29) is 5.91 Å². The molecule has 0 saturated heterocycles. The molecule has 4 nitrogen and oxygen atoms in total. The van der Waals surface area contributed by atoms with Gasteiger partial charge in [0.1, 0.15) is 0 Å². The lowest BCUT2D eigenvalue weighted by molar-refractivity contribution is -0.117. The molecule has 2 rings (SSSR count). The number of nitrogens with two attached hydrogens (primary N) is 1. The summed E-state index contributed by atoms with van der Waals surface area (Å²) in [5.41, 5.74) is 8.55. The van der Waals surface area contributed by atoms with Crippen LogP contribution < -0.4 is 11.1 Å². The van der Waals surface area contributed by atoms with Crippen molar-refractivity contribution in [2.24, 2.45) is 5.73 Å². The van der Waals surface area contributed by atoms with E-state index in [4.69, 9.17) is 5.73 Å². The molecule has 112 valence electrons. The summed E-state index contributed by atoms with van der Waals surface area (Å²) in [5.74, 6) is 0.739. The Morgan fingerprint density at radius 2 is 2.33 bits per heavy atom. The summed E-state index contributed by atoms with van der Waals surface area (Å²) in [7, 11) is 0. The first-order chi connectivity index (χ1) is 10.1. The van der Waals surface area contributed by atoms with Crippen molar-refractivity contribution in [2.45, 2.75) is 19.4 Å². The minimum absolute atomic E-state index is 0.143. The van der Waals surface area contributed by atoms with Crippen LogP contribution in [0, 0.1) is 6.92 Å². The second-order valence-electron chi connectivity index (χ2n) is 4.71. The van der Waals surface area contributed by atoms with Gasteiger partial charge in [-0.1, -0.05) is 12.1 Å². The van der Waals surface area contributed by atoms with E-state index in [1.54, 1.807) is 23.1 Å². The molecule has 0 unspecified atom stereocenters. The van der Waals surface area contributed by atoms with E-state index in [2.05, 4.69) is 10.3 Å². The molecule has 0 fully saturated rings. The molecule has 2 aromatic rings. The predicted octanol–water partition coefficient (Wildman–Crippen LogP) is 3.14. The lowest BCUT2D eigenvalue weighted by atomic mass is 10.1. The number of amides is 1. The zero-order valence-corrected chi connectivity index (χ0v) is 13.8. The van der Waals surface area contributed by atoms with Crippen LogP contribution in [-0.2, 0) is 4.79 Å². The van der Waals surface area contributed by atoms with Gasteiger partial charge in [0.05, 0.1) is 16.7 Å². The number of nitrogens with one attached hydrogen (secondary N) is 1. The number of rotatable bonds is 6. The van der Waals surface area contributed by atoms with Gasteiger partial charge in [0.25, 0.3) is 0 Å². The molecule has 0 radical (unpaired) electrons. The Morgan fingerprint density at radius 1 is 1.52 bits per heavy atom. The Labute approximate surface area is 133 Å². The van der Waals surface area contributed by atoms with Crippen molar-refractivity contribution in [3.63, 3.8) is 0 Å². The molecule has 0 spiro atoms. The Morgan fingerprint density at radius 3 is 3.00 bits per heavy atom. The lowest BCUT2D eigenvalue weighted by Gasteiger charge is -2.12. The molecule has 1 heterocycles. The van der Waals surface area contributed by atoms with Crippen LogP contribution in [0.25, 0.3) is 11.3 Å². The number of hydrogen-bond acceptors (Lipinski definition) is 5. The summed E-state index contributed by atoms with van der Waals surface area (Å²) in [6, 6.07) is 7.21. The fourth-order valence-electron chi connectivity index (χ4n) is 1.86. The van der Waals surface area contributed by atoms with Gasteiger partial charge in [0.15, 0.2) is 0 Å². The minimum atomic E-state index is -0.470. The Kier molecular flexibility index (Phi) is 5.78. The van der Waals surface area contributed by atoms with E-state index in [1.807, 2.05) is 42.8 Å². The largest absolute Gasteiger partial charge is 0.325 e. The van der Waals surface area contributed by atoms with Crippen LogP contribution in [0.2, 0.25) is 0 Å². The molecule has 1 aromatic carbocycles. The number of anilines is 1. The normalized spacial score (nSPS) is 12.1. The first kappa shape index (κ1) is 16.0. The number of aryl methyl sites for hydroxylation is 1.